The monoisotopic (exact) mass is 490 g/mol. The molecule has 0 bridgehead atoms. The van der Waals surface area contributed by atoms with E-state index in [9.17, 15) is 14.4 Å². The first-order valence-electron chi connectivity index (χ1n) is 10.5. The fraction of sp³-hybridized carbons (Fsp3) is 0.409. The highest BCUT2D eigenvalue weighted by Gasteiger charge is 2.32. The minimum absolute atomic E-state index is 0.0214. The lowest BCUT2D eigenvalue weighted by Crippen LogP contribution is -2.30. The van der Waals surface area contributed by atoms with Crippen LogP contribution in [0.1, 0.15) is 37.8 Å². The molecule has 1 saturated heterocycles. The van der Waals surface area contributed by atoms with Gasteiger partial charge in [0.05, 0.1) is 23.0 Å². The van der Waals surface area contributed by atoms with E-state index >= 15 is 0 Å². The molecule has 3 heterocycles. The number of hydrogen-bond donors (Lipinski definition) is 2. The van der Waals surface area contributed by atoms with Crippen molar-refractivity contribution in [3.05, 3.63) is 44.7 Å². The maximum Gasteiger partial charge on any atom is 0.305 e. The van der Waals surface area contributed by atoms with E-state index in [0.717, 1.165) is 17.3 Å². The first kappa shape index (κ1) is 24.9. The van der Waals surface area contributed by atoms with E-state index in [1.165, 1.54) is 15.4 Å². The second-order valence-corrected chi connectivity index (χ2v) is 9.47. The molecule has 33 heavy (non-hydrogen) atoms. The molecule has 2 aromatic heterocycles. The number of ether oxygens (including phenoxy) is 1. The molecule has 2 N–H and O–H groups in total. The Kier molecular flexibility index (Phi) is 8.22. The maximum atomic E-state index is 13.3. The van der Waals surface area contributed by atoms with Gasteiger partial charge in [0.2, 0.25) is 0 Å². The quantitative estimate of drug-likeness (QED) is 0.295. The number of thioether (sulfide) groups is 1. The highest BCUT2D eigenvalue weighted by molar-refractivity contribution is 8.26. The second-order valence-electron chi connectivity index (χ2n) is 7.79. The van der Waals surface area contributed by atoms with Gasteiger partial charge in [-0.15, -0.1) is 0 Å². The maximum absolute atomic E-state index is 13.3. The van der Waals surface area contributed by atoms with Gasteiger partial charge in [-0.2, -0.15) is 0 Å². The van der Waals surface area contributed by atoms with Crippen LogP contribution in [0.15, 0.2) is 28.0 Å². The SMILES string of the molecule is Cc1ccc2nc(NCCCOC(C)C)c(C=C3SC(=S)N(CCC(=O)O)C3=O)c(=O)n2c1. The molecule has 0 aliphatic carbocycles. The van der Waals surface area contributed by atoms with Crippen LogP contribution >= 0.6 is 24.0 Å². The fourth-order valence-corrected chi connectivity index (χ4v) is 4.44. The van der Waals surface area contributed by atoms with Crippen molar-refractivity contribution in [3.63, 3.8) is 0 Å². The molecule has 0 saturated carbocycles. The summed E-state index contributed by atoms with van der Waals surface area (Å²) in [7, 11) is 0. The molecule has 1 aliphatic heterocycles. The van der Waals surface area contributed by atoms with Gasteiger partial charge in [0.25, 0.3) is 11.5 Å². The van der Waals surface area contributed by atoms with Crippen LogP contribution in [0, 0.1) is 6.92 Å². The minimum atomic E-state index is -1.02. The smallest absolute Gasteiger partial charge is 0.305 e. The number of pyridine rings is 1. The van der Waals surface area contributed by atoms with Gasteiger partial charge in [-0.1, -0.05) is 30.0 Å². The Morgan fingerprint density at radius 3 is 2.82 bits per heavy atom. The summed E-state index contributed by atoms with van der Waals surface area (Å²) >= 11 is 6.29. The number of carbonyl (C=O) groups excluding carboxylic acids is 1. The number of carboxylic acid groups (broad SMARTS) is 1. The standard InChI is InChI=1S/C22H26N4O5S2/c1-13(2)31-10-4-8-23-19-15(20(29)26-12-14(3)5-6-17(26)24-19)11-16-21(30)25(22(32)33-16)9-7-18(27)28/h5-6,11-13,23H,4,7-10H2,1-3H3,(H,27,28). The second kappa shape index (κ2) is 10.9. The Bertz CT molecular complexity index is 1180. The summed E-state index contributed by atoms with van der Waals surface area (Å²) < 4.78 is 7.26. The zero-order valence-corrected chi connectivity index (χ0v) is 20.3. The van der Waals surface area contributed by atoms with Gasteiger partial charge < -0.3 is 15.2 Å². The van der Waals surface area contributed by atoms with Gasteiger partial charge >= 0.3 is 5.97 Å². The Balaban J connectivity index is 1.95. The molecule has 1 amide bonds. The number of thiocarbonyl (C=S) groups is 1. The molecular formula is C22H26N4O5S2. The Labute approximate surface area is 200 Å². The molecule has 0 spiro atoms. The van der Waals surface area contributed by atoms with Gasteiger partial charge in [0, 0.05) is 25.9 Å². The lowest BCUT2D eigenvalue weighted by atomic mass is 10.2. The predicted octanol–water partition coefficient (Wildman–Crippen LogP) is 2.91. The zero-order valence-electron chi connectivity index (χ0n) is 18.7. The largest absolute Gasteiger partial charge is 0.481 e. The van der Waals surface area contributed by atoms with E-state index in [-0.39, 0.29) is 39.4 Å². The lowest BCUT2D eigenvalue weighted by molar-refractivity contribution is -0.137. The molecule has 9 nitrogen and oxygen atoms in total. The van der Waals surface area contributed by atoms with Crippen LogP contribution in [0.4, 0.5) is 5.82 Å². The zero-order chi connectivity index (χ0) is 24.1. The Morgan fingerprint density at radius 1 is 1.36 bits per heavy atom. The number of amides is 1. The van der Waals surface area contributed by atoms with Crippen LogP contribution in [-0.2, 0) is 14.3 Å². The van der Waals surface area contributed by atoms with Gasteiger partial charge in [-0.3, -0.25) is 23.7 Å². The Hall–Kier alpha value is -2.76. The molecule has 2 aromatic rings. The number of carboxylic acids is 1. The number of hydrogen-bond acceptors (Lipinski definition) is 8. The molecule has 0 radical (unpaired) electrons. The number of carbonyl (C=O) groups is 2. The predicted molar refractivity (Wildman–Crippen MR) is 133 cm³/mol. The van der Waals surface area contributed by atoms with E-state index < -0.39 is 11.9 Å². The molecule has 1 fully saturated rings. The van der Waals surface area contributed by atoms with Crippen molar-refractivity contribution in [3.8, 4) is 0 Å². The summed E-state index contributed by atoms with van der Waals surface area (Å²) in [5.74, 6) is -1.08. The normalized spacial score (nSPS) is 15.3. The number of aryl methyl sites for hydroxylation is 1. The van der Waals surface area contributed by atoms with Crippen molar-refractivity contribution in [2.75, 3.05) is 25.0 Å². The van der Waals surface area contributed by atoms with Crippen molar-refractivity contribution < 1.29 is 19.4 Å². The van der Waals surface area contributed by atoms with E-state index in [1.54, 1.807) is 12.3 Å². The summed E-state index contributed by atoms with van der Waals surface area (Å²) in [6.07, 6.45) is 3.81. The summed E-state index contributed by atoms with van der Waals surface area (Å²) in [5.41, 5.74) is 1.30. The summed E-state index contributed by atoms with van der Waals surface area (Å²) in [6.45, 7) is 6.88. The topological polar surface area (TPSA) is 113 Å². The molecule has 0 unspecified atom stereocenters. The molecule has 0 atom stereocenters. The molecular weight excluding hydrogens is 464 g/mol. The number of rotatable bonds is 10. The average Bonchev–Trinajstić information content (AvgIpc) is 3.01. The van der Waals surface area contributed by atoms with Crippen LogP contribution in [-0.4, -0.2) is 61.4 Å². The first-order chi connectivity index (χ1) is 15.7. The van der Waals surface area contributed by atoms with Crippen LogP contribution in [0.3, 0.4) is 0 Å². The molecule has 3 rings (SSSR count). The van der Waals surface area contributed by atoms with Gasteiger partial charge in [0.1, 0.15) is 15.8 Å². The van der Waals surface area contributed by atoms with Gasteiger partial charge in [-0.25, -0.2) is 4.98 Å². The minimum Gasteiger partial charge on any atom is -0.481 e. The summed E-state index contributed by atoms with van der Waals surface area (Å²) in [6, 6.07) is 3.63. The lowest BCUT2D eigenvalue weighted by Gasteiger charge is -2.13. The van der Waals surface area contributed by atoms with Gasteiger partial charge in [-0.05, 0) is 44.9 Å². The summed E-state index contributed by atoms with van der Waals surface area (Å²) in [5, 5.41) is 12.1. The number of fused-ring (bicyclic) bond motifs is 1. The number of anilines is 1. The van der Waals surface area contributed by atoms with Crippen molar-refractivity contribution in [1.82, 2.24) is 14.3 Å². The van der Waals surface area contributed by atoms with Crippen molar-refractivity contribution >= 4 is 57.7 Å². The molecule has 0 aromatic carbocycles. The van der Waals surface area contributed by atoms with Crippen LogP contribution in [0.25, 0.3) is 11.7 Å². The van der Waals surface area contributed by atoms with Crippen molar-refractivity contribution in [1.29, 1.82) is 0 Å². The third kappa shape index (κ3) is 6.18. The number of aromatic nitrogens is 2. The van der Waals surface area contributed by atoms with Crippen molar-refractivity contribution in [2.45, 2.75) is 39.7 Å². The van der Waals surface area contributed by atoms with E-state index in [2.05, 4.69) is 10.3 Å². The molecule has 176 valence electrons. The van der Waals surface area contributed by atoms with Crippen LogP contribution in [0.5, 0.6) is 0 Å². The first-order valence-corrected chi connectivity index (χ1v) is 11.8. The highest BCUT2D eigenvalue weighted by atomic mass is 32.2. The van der Waals surface area contributed by atoms with Gasteiger partial charge in [0.15, 0.2) is 0 Å². The van der Waals surface area contributed by atoms with E-state index in [0.29, 0.717) is 31.0 Å². The highest BCUT2D eigenvalue weighted by Crippen LogP contribution is 2.33. The average molecular weight is 491 g/mol. The number of aliphatic carboxylic acids is 1. The van der Waals surface area contributed by atoms with Crippen molar-refractivity contribution in [2.24, 2.45) is 0 Å². The van der Waals surface area contributed by atoms with E-state index in [4.69, 9.17) is 22.1 Å². The van der Waals surface area contributed by atoms with Crippen LogP contribution in [0.2, 0.25) is 0 Å². The third-order valence-corrected chi connectivity index (χ3v) is 6.15. The molecule has 11 heteroatoms. The fourth-order valence-electron chi connectivity index (χ4n) is 3.15. The Morgan fingerprint density at radius 2 is 2.12 bits per heavy atom. The van der Waals surface area contributed by atoms with Crippen LogP contribution < -0.4 is 10.9 Å². The third-order valence-electron chi connectivity index (χ3n) is 4.77. The van der Waals surface area contributed by atoms with E-state index in [1.807, 2.05) is 26.8 Å². The number of nitrogens with one attached hydrogen (secondary N) is 1. The summed E-state index contributed by atoms with van der Waals surface area (Å²) in [4.78, 5) is 43.1. The number of nitrogens with zero attached hydrogens (tertiary/aromatic N) is 3. The molecule has 1 aliphatic rings.